The predicted molar refractivity (Wildman–Crippen MR) is 82.3 cm³/mol. The summed E-state index contributed by atoms with van der Waals surface area (Å²) in [6.45, 7) is 4.04. The summed E-state index contributed by atoms with van der Waals surface area (Å²) in [6.07, 6.45) is 0.371. The molecule has 3 N–H and O–H groups in total. The van der Waals surface area contributed by atoms with Crippen LogP contribution in [0.1, 0.15) is 29.7 Å². The van der Waals surface area contributed by atoms with Gasteiger partial charge in [0.05, 0.1) is 12.5 Å². The number of amides is 1. The fraction of sp³-hybridized carbons (Fsp3) is 0.235. The molecule has 2 aromatic carbocycles. The molecule has 1 amide bonds. The molecule has 0 radical (unpaired) electrons. The number of anilines is 1. The van der Waals surface area contributed by atoms with E-state index >= 15 is 0 Å². The van der Waals surface area contributed by atoms with Gasteiger partial charge in [-0.25, -0.2) is 0 Å². The maximum atomic E-state index is 12.0. The highest BCUT2D eigenvalue weighted by molar-refractivity contribution is 5.79. The van der Waals surface area contributed by atoms with Gasteiger partial charge in [-0.3, -0.25) is 4.79 Å². The van der Waals surface area contributed by atoms with Gasteiger partial charge < -0.3 is 11.1 Å². The summed E-state index contributed by atoms with van der Waals surface area (Å²) in [5, 5.41) is 3.02. The Bertz CT molecular complexity index is 590. The Balaban J connectivity index is 1.95. The number of nitrogens with two attached hydrogens (primary N) is 1. The predicted octanol–water partition coefficient (Wildman–Crippen LogP) is 3.00. The number of benzene rings is 2. The van der Waals surface area contributed by atoms with E-state index in [2.05, 4.69) is 11.4 Å². The molecule has 0 saturated carbocycles. The second kappa shape index (κ2) is 6.24. The van der Waals surface area contributed by atoms with Gasteiger partial charge in [-0.1, -0.05) is 42.0 Å². The minimum absolute atomic E-state index is 0.0104. The van der Waals surface area contributed by atoms with Gasteiger partial charge in [-0.05, 0) is 37.1 Å². The molecule has 0 aliphatic carbocycles. The number of nitrogens with one attached hydrogen (secondary N) is 1. The third kappa shape index (κ3) is 3.85. The molecule has 104 valence electrons. The van der Waals surface area contributed by atoms with E-state index in [9.17, 15) is 4.79 Å². The monoisotopic (exact) mass is 268 g/mol. The molecular formula is C17H20N2O. The van der Waals surface area contributed by atoms with Crippen LogP contribution in [0.5, 0.6) is 0 Å². The Morgan fingerprint density at radius 1 is 1.20 bits per heavy atom. The lowest BCUT2D eigenvalue weighted by Crippen LogP contribution is -2.28. The van der Waals surface area contributed by atoms with Crippen LogP contribution in [0.3, 0.4) is 0 Å². The molecule has 3 nitrogen and oxygen atoms in total. The highest BCUT2D eigenvalue weighted by Crippen LogP contribution is 2.14. The van der Waals surface area contributed by atoms with Crippen molar-refractivity contribution in [2.75, 3.05) is 5.73 Å². The molecule has 0 bridgehead atoms. The second-order valence-corrected chi connectivity index (χ2v) is 5.12. The first-order chi connectivity index (χ1) is 9.54. The third-order valence-electron chi connectivity index (χ3n) is 3.26. The molecule has 0 saturated heterocycles. The zero-order valence-electron chi connectivity index (χ0n) is 11.9. The number of carbonyl (C=O) groups is 1. The van der Waals surface area contributed by atoms with Gasteiger partial charge in [-0.15, -0.1) is 0 Å². The van der Waals surface area contributed by atoms with E-state index in [1.54, 1.807) is 0 Å². The fourth-order valence-corrected chi connectivity index (χ4v) is 2.14. The number of rotatable bonds is 4. The van der Waals surface area contributed by atoms with Crippen molar-refractivity contribution < 1.29 is 4.79 Å². The minimum atomic E-state index is 0.0104. The molecular weight excluding hydrogens is 248 g/mol. The molecule has 0 aromatic heterocycles. The Labute approximate surface area is 119 Å². The van der Waals surface area contributed by atoms with Crippen molar-refractivity contribution in [3.05, 3.63) is 65.2 Å². The number of nitrogen functional groups attached to an aromatic ring is 1. The zero-order chi connectivity index (χ0) is 14.5. The van der Waals surface area contributed by atoms with Gasteiger partial charge >= 0.3 is 0 Å². The summed E-state index contributed by atoms with van der Waals surface area (Å²) in [7, 11) is 0. The normalized spacial score (nSPS) is 11.9. The highest BCUT2D eigenvalue weighted by Gasteiger charge is 2.10. The second-order valence-electron chi connectivity index (χ2n) is 5.12. The molecule has 0 aliphatic heterocycles. The van der Waals surface area contributed by atoms with E-state index in [-0.39, 0.29) is 11.9 Å². The van der Waals surface area contributed by atoms with Gasteiger partial charge in [0, 0.05) is 5.69 Å². The van der Waals surface area contributed by atoms with E-state index in [1.165, 1.54) is 5.56 Å². The molecule has 0 spiro atoms. The lowest BCUT2D eigenvalue weighted by Gasteiger charge is -2.15. The molecule has 3 heteroatoms. The van der Waals surface area contributed by atoms with Crippen LogP contribution in [-0.4, -0.2) is 5.91 Å². The molecule has 0 fully saturated rings. The largest absolute Gasteiger partial charge is 0.399 e. The van der Waals surface area contributed by atoms with Crippen LogP contribution < -0.4 is 11.1 Å². The number of hydrogen-bond acceptors (Lipinski definition) is 2. The summed E-state index contributed by atoms with van der Waals surface area (Å²) in [5.41, 5.74) is 9.62. The average molecular weight is 268 g/mol. The van der Waals surface area contributed by atoms with Crippen LogP contribution in [0, 0.1) is 6.92 Å². The first-order valence-corrected chi connectivity index (χ1v) is 6.75. The Hall–Kier alpha value is -2.29. The molecule has 0 heterocycles. The van der Waals surface area contributed by atoms with Gasteiger partial charge in [0.25, 0.3) is 0 Å². The van der Waals surface area contributed by atoms with E-state index in [0.717, 1.165) is 11.1 Å². The molecule has 1 atom stereocenters. The SMILES string of the molecule is Cc1cccc([C@H](C)NC(=O)Cc2ccc(N)cc2)c1. The van der Waals surface area contributed by atoms with Crippen molar-refractivity contribution >= 4 is 11.6 Å². The third-order valence-corrected chi connectivity index (χ3v) is 3.26. The first kappa shape index (κ1) is 14.1. The van der Waals surface area contributed by atoms with Crippen molar-refractivity contribution in [1.82, 2.24) is 5.32 Å². The van der Waals surface area contributed by atoms with Gasteiger partial charge in [0.1, 0.15) is 0 Å². The fourth-order valence-electron chi connectivity index (χ4n) is 2.14. The van der Waals surface area contributed by atoms with E-state index in [0.29, 0.717) is 12.1 Å². The first-order valence-electron chi connectivity index (χ1n) is 6.75. The van der Waals surface area contributed by atoms with Gasteiger partial charge in [-0.2, -0.15) is 0 Å². The molecule has 0 aliphatic rings. The van der Waals surface area contributed by atoms with Gasteiger partial charge in [0.2, 0.25) is 5.91 Å². The molecule has 2 aromatic rings. The minimum Gasteiger partial charge on any atom is -0.399 e. The van der Waals surface area contributed by atoms with Crippen LogP contribution in [0.25, 0.3) is 0 Å². The van der Waals surface area contributed by atoms with Crippen LogP contribution >= 0.6 is 0 Å². The summed E-state index contributed by atoms with van der Waals surface area (Å²) >= 11 is 0. The summed E-state index contributed by atoms with van der Waals surface area (Å²) < 4.78 is 0. The summed E-state index contributed by atoms with van der Waals surface area (Å²) in [4.78, 5) is 12.0. The summed E-state index contributed by atoms with van der Waals surface area (Å²) in [5.74, 6) is 0.0174. The number of aryl methyl sites for hydroxylation is 1. The van der Waals surface area contributed by atoms with Crippen molar-refractivity contribution in [2.45, 2.75) is 26.3 Å². The molecule has 2 rings (SSSR count). The van der Waals surface area contributed by atoms with E-state index < -0.39 is 0 Å². The topological polar surface area (TPSA) is 55.1 Å². The number of carbonyl (C=O) groups excluding carboxylic acids is 1. The van der Waals surface area contributed by atoms with Crippen molar-refractivity contribution in [3.8, 4) is 0 Å². The maximum absolute atomic E-state index is 12.0. The Kier molecular flexibility index (Phi) is 4.41. The quantitative estimate of drug-likeness (QED) is 0.837. The van der Waals surface area contributed by atoms with Crippen LogP contribution in [0.15, 0.2) is 48.5 Å². The van der Waals surface area contributed by atoms with Crippen LogP contribution in [-0.2, 0) is 11.2 Å². The molecule has 0 unspecified atom stereocenters. The Morgan fingerprint density at radius 2 is 1.90 bits per heavy atom. The van der Waals surface area contributed by atoms with E-state index in [1.807, 2.05) is 56.3 Å². The Morgan fingerprint density at radius 3 is 2.55 bits per heavy atom. The standard InChI is InChI=1S/C17H20N2O/c1-12-4-3-5-15(10-12)13(2)19-17(20)11-14-6-8-16(18)9-7-14/h3-10,13H,11,18H2,1-2H3,(H,19,20)/t13-/m0/s1. The highest BCUT2D eigenvalue weighted by atomic mass is 16.1. The molecule has 20 heavy (non-hydrogen) atoms. The lowest BCUT2D eigenvalue weighted by atomic mass is 10.1. The smallest absolute Gasteiger partial charge is 0.224 e. The van der Waals surface area contributed by atoms with Crippen molar-refractivity contribution in [3.63, 3.8) is 0 Å². The van der Waals surface area contributed by atoms with Crippen molar-refractivity contribution in [2.24, 2.45) is 0 Å². The van der Waals surface area contributed by atoms with Crippen molar-refractivity contribution in [1.29, 1.82) is 0 Å². The van der Waals surface area contributed by atoms with Crippen LogP contribution in [0.2, 0.25) is 0 Å². The number of hydrogen-bond donors (Lipinski definition) is 2. The summed E-state index contributed by atoms with van der Waals surface area (Å²) in [6, 6.07) is 15.6. The lowest BCUT2D eigenvalue weighted by molar-refractivity contribution is -0.121. The average Bonchev–Trinajstić information content (AvgIpc) is 2.41. The maximum Gasteiger partial charge on any atom is 0.224 e. The van der Waals surface area contributed by atoms with Crippen LogP contribution in [0.4, 0.5) is 5.69 Å². The van der Waals surface area contributed by atoms with E-state index in [4.69, 9.17) is 5.73 Å². The van der Waals surface area contributed by atoms with Gasteiger partial charge in [0.15, 0.2) is 0 Å². The zero-order valence-corrected chi connectivity index (χ0v) is 11.9.